The zero-order valence-electron chi connectivity index (χ0n) is 15.5. The first kappa shape index (κ1) is 19.4. The van der Waals surface area contributed by atoms with Gasteiger partial charge in [0.1, 0.15) is 0 Å². The Bertz CT molecular complexity index is 726. The predicted octanol–water partition coefficient (Wildman–Crippen LogP) is 3.26. The minimum absolute atomic E-state index is 0.0147. The molecule has 5 nitrogen and oxygen atoms in total. The van der Waals surface area contributed by atoms with Gasteiger partial charge in [0, 0.05) is 17.6 Å². The van der Waals surface area contributed by atoms with Crippen molar-refractivity contribution in [3.63, 3.8) is 0 Å². The number of hydrogen-bond acceptors (Lipinski definition) is 4. The molecule has 1 aliphatic heterocycles. The van der Waals surface area contributed by atoms with Gasteiger partial charge in [-0.05, 0) is 56.8 Å². The smallest absolute Gasteiger partial charge is 0.227 e. The van der Waals surface area contributed by atoms with Crippen LogP contribution in [0.1, 0.15) is 57.4 Å². The third-order valence-corrected chi connectivity index (χ3v) is 7.84. The first-order valence-corrected chi connectivity index (χ1v) is 11.5. The maximum Gasteiger partial charge on any atom is 0.227 e. The number of carbonyl (C=O) groups is 1. The fourth-order valence-corrected chi connectivity index (χ4v) is 6.06. The Morgan fingerprint density at radius 3 is 2.69 bits per heavy atom. The number of anilines is 1. The van der Waals surface area contributed by atoms with Gasteiger partial charge in [-0.15, -0.1) is 0 Å². The lowest BCUT2D eigenvalue weighted by atomic mass is 9.92. The van der Waals surface area contributed by atoms with Crippen molar-refractivity contribution in [1.29, 1.82) is 0 Å². The summed E-state index contributed by atoms with van der Waals surface area (Å²) in [5, 5.41) is 6.12. The van der Waals surface area contributed by atoms with Crippen molar-refractivity contribution < 1.29 is 13.2 Å². The largest absolute Gasteiger partial charge is 0.326 e. The number of sulfone groups is 1. The number of rotatable bonds is 5. The molecule has 0 spiro atoms. The van der Waals surface area contributed by atoms with Crippen molar-refractivity contribution >= 4 is 21.4 Å². The van der Waals surface area contributed by atoms with Crippen molar-refractivity contribution in [2.24, 2.45) is 5.92 Å². The number of piperidine rings is 1. The summed E-state index contributed by atoms with van der Waals surface area (Å²) in [5.41, 5.74) is 1.45. The van der Waals surface area contributed by atoms with Gasteiger partial charge in [-0.2, -0.15) is 0 Å². The third-order valence-electron chi connectivity index (χ3n) is 5.62. The predicted molar refractivity (Wildman–Crippen MR) is 105 cm³/mol. The van der Waals surface area contributed by atoms with Crippen LogP contribution in [0.15, 0.2) is 24.3 Å². The van der Waals surface area contributed by atoms with E-state index in [9.17, 15) is 13.2 Å². The van der Waals surface area contributed by atoms with Gasteiger partial charge < -0.3 is 10.6 Å². The van der Waals surface area contributed by atoms with Crippen LogP contribution in [0.4, 0.5) is 5.69 Å². The molecular weight excluding hydrogens is 348 g/mol. The molecule has 0 bridgehead atoms. The summed E-state index contributed by atoms with van der Waals surface area (Å²) < 4.78 is 25.4. The van der Waals surface area contributed by atoms with Crippen molar-refractivity contribution in [3.05, 3.63) is 29.8 Å². The average molecular weight is 379 g/mol. The molecule has 1 aliphatic carbocycles. The molecule has 0 radical (unpaired) electrons. The second-order valence-corrected chi connectivity index (χ2v) is 10.1. The van der Waals surface area contributed by atoms with Gasteiger partial charge in [0.15, 0.2) is 9.84 Å². The van der Waals surface area contributed by atoms with Crippen LogP contribution in [0, 0.1) is 5.92 Å². The van der Waals surface area contributed by atoms with E-state index < -0.39 is 9.84 Å². The Morgan fingerprint density at radius 1 is 1.19 bits per heavy atom. The van der Waals surface area contributed by atoms with Crippen molar-refractivity contribution in [3.8, 4) is 0 Å². The summed E-state index contributed by atoms with van der Waals surface area (Å²) >= 11 is 0. The molecule has 2 atom stereocenters. The Balaban J connectivity index is 1.63. The van der Waals surface area contributed by atoms with Crippen molar-refractivity contribution in [2.75, 3.05) is 11.9 Å². The molecule has 1 heterocycles. The molecule has 1 aromatic carbocycles. The van der Waals surface area contributed by atoms with Crippen molar-refractivity contribution in [1.82, 2.24) is 5.32 Å². The summed E-state index contributed by atoms with van der Waals surface area (Å²) in [5.74, 6) is 0.109. The highest BCUT2D eigenvalue weighted by molar-refractivity contribution is 7.91. The molecule has 2 aliphatic rings. The molecule has 2 N–H and O–H groups in total. The number of nitrogens with one attached hydrogen (secondary N) is 2. The van der Waals surface area contributed by atoms with E-state index in [1.807, 2.05) is 24.3 Å². The zero-order chi connectivity index (χ0) is 18.6. The first-order chi connectivity index (χ1) is 12.4. The van der Waals surface area contributed by atoms with Gasteiger partial charge in [-0.25, -0.2) is 8.42 Å². The highest BCUT2D eigenvalue weighted by Crippen LogP contribution is 2.27. The quantitative estimate of drug-likeness (QED) is 0.825. The second-order valence-electron chi connectivity index (χ2n) is 7.83. The topological polar surface area (TPSA) is 75.3 Å². The SMILES string of the molecule is C[C@H]1C[C@@H](C(=O)Nc2cccc(CS(=O)(=O)C3CCCCC3)c2)CCN1. The normalized spacial score (nSPS) is 25.0. The fourth-order valence-electron chi connectivity index (χ4n) is 4.13. The van der Waals surface area contributed by atoms with E-state index in [0.29, 0.717) is 11.7 Å². The summed E-state index contributed by atoms with van der Waals surface area (Å²) in [7, 11) is -3.13. The molecule has 1 aromatic rings. The molecule has 0 aromatic heterocycles. The van der Waals surface area contributed by atoms with Crippen LogP contribution < -0.4 is 10.6 Å². The number of hydrogen-bond donors (Lipinski definition) is 2. The average Bonchev–Trinajstić information content (AvgIpc) is 2.62. The Kier molecular flexibility index (Phi) is 6.35. The van der Waals surface area contributed by atoms with Gasteiger partial charge >= 0.3 is 0 Å². The summed E-state index contributed by atoms with van der Waals surface area (Å²) in [6, 6.07) is 7.66. The maximum atomic E-state index is 12.7. The van der Waals surface area contributed by atoms with Gasteiger partial charge in [-0.3, -0.25) is 4.79 Å². The van der Waals surface area contributed by atoms with Crippen LogP contribution in [-0.2, 0) is 20.4 Å². The molecule has 26 heavy (non-hydrogen) atoms. The van der Waals surface area contributed by atoms with E-state index >= 15 is 0 Å². The Morgan fingerprint density at radius 2 is 1.96 bits per heavy atom. The molecule has 2 fully saturated rings. The highest BCUT2D eigenvalue weighted by atomic mass is 32.2. The molecular formula is C20H30N2O3S. The van der Waals surface area contributed by atoms with E-state index in [4.69, 9.17) is 0 Å². The molecule has 3 rings (SSSR count). The van der Waals surface area contributed by atoms with Crippen LogP contribution in [-0.4, -0.2) is 32.2 Å². The Hall–Kier alpha value is -1.40. The number of benzene rings is 1. The highest BCUT2D eigenvalue weighted by Gasteiger charge is 2.28. The lowest BCUT2D eigenvalue weighted by Crippen LogP contribution is -2.40. The van der Waals surface area contributed by atoms with Gasteiger partial charge in [0.05, 0.1) is 11.0 Å². The lowest BCUT2D eigenvalue weighted by molar-refractivity contribution is -0.120. The molecule has 1 saturated heterocycles. The van der Waals surface area contributed by atoms with Gasteiger partial charge in [0.25, 0.3) is 0 Å². The fraction of sp³-hybridized carbons (Fsp3) is 0.650. The van der Waals surface area contributed by atoms with Gasteiger partial charge in [-0.1, -0.05) is 31.4 Å². The van der Waals surface area contributed by atoms with Crippen LogP contribution in [0.5, 0.6) is 0 Å². The lowest BCUT2D eigenvalue weighted by Gasteiger charge is -2.27. The molecule has 1 saturated carbocycles. The van der Waals surface area contributed by atoms with Crippen molar-refractivity contribution in [2.45, 2.75) is 68.9 Å². The summed E-state index contributed by atoms with van der Waals surface area (Å²) in [6.45, 7) is 2.95. The van der Waals surface area contributed by atoms with E-state index in [2.05, 4.69) is 17.6 Å². The van der Waals surface area contributed by atoms with Crippen LogP contribution >= 0.6 is 0 Å². The van der Waals surface area contributed by atoms with E-state index in [-0.39, 0.29) is 22.8 Å². The van der Waals surface area contributed by atoms with Crippen LogP contribution in [0.25, 0.3) is 0 Å². The van der Waals surface area contributed by atoms with Crippen LogP contribution in [0.2, 0.25) is 0 Å². The molecule has 144 valence electrons. The zero-order valence-corrected chi connectivity index (χ0v) is 16.4. The minimum atomic E-state index is -3.13. The number of carbonyl (C=O) groups excluding carboxylic acids is 1. The third kappa shape index (κ3) is 5.07. The first-order valence-electron chi connectivity index (χ1n) is 9.79. The number of amides is 1. The van der Waals surface area contributed by atoms with E-state index in [1.165, 1.54) is 0 Å². The van der Waals surface area contributed by atoms with E-state index in [1.54, 1.807) is 0 Å². The molecule has 6 heteroatoms. The summed E-state index contributed by atoms with van der Waals surface area (Å²) in [4.78, 5) is 12.5. The molecule has 1 amide bonds. The Labute approximate surface area is 156 Å². The standard InChI is InChI=1S/C20H30N2O3S/c1-15-12-17(10-11-21-15)20(23)22-18-7-5-6-16(13-18)14-26(24,25)19-8-3-2-4-9-19/h5-7,13,15,17,19,21H,2-4,8-12,14H2,1H3,(H,22,23)/t15-,17-/m0/s1. The van der Waals surface area contributed by atoms with Crippen LogP contribution in [0.3, 0.4) is 0 Å². The maximum absolute atomic E-state index is 12.7. The summed E-state index contributed by atoms with van der Waals surface area (Å²) in [6.07, 6.45) is 6.40. The minimum Gasteiger partial charge on any atom is -0.326 e. The van der Waals surface area contributed by atoms with Gasteiger partial charge in [0.2, 0.25) is 5.91 Å². The van der Waals surface area contributed by atoms with E-state index in [0.717, 1.165) is 57.1 Å². The second kappa shape index (κ2) is 8.53. The molecule has 0 unspecified atom stereocenters. The monoisotopic (exact) mass is 378 g/mol.